The third-order valence-corrected chi connectivity index (χ3v) is 3.96. The summed E-state index contributed by atoms with van der Waals surface area (Å²) < 4.78 is 2.10. The summed E-state index contributed by atoms with van der Waals surface area (Å²) in [6.45, 7) is 0. The Kier molecular flexibility index (Phi) is 5.68. The average molecular weight is 362 g/mol. The molecule has 0 amide bonds. The first-order valence-corrected chi connectivity index (χ1v) is 7.88. The molecule has 1 aromatic heterocycles. The van der Waals surface area contributed by atoms with Crippen LogP contribution in [0.5, 0.6) is 0 Å². The molecule has 10 heteroatoms. The molecule has 1 atom stereocenters. The van der Waals surface area contributed by atoms with Gasteiger partial charge >= 0.3 is 11.7 Å². The molecule has 0 aliphatic heterocycles. The fourth-order valence-corrected chi connectivity index (χ4v) is 2.66. The smallest absolute Gasteiger partial charge is 0.370 e. The molecule has 1 heterocycles. The van der Waals surface area contributed by atoms with Gasteiger partial charge in [-0.05, 0) is 17.5 Å². The number of aliphatic carboxylic acids is 1. The lowest BCUT2D eigenvalue weighted by Gasteiger charge is -2.18. The first kappa shape index (κ1) is 19.1. The SMILES string of the molecule is CNc1c(-c2ccc(C[C@H](N)C(=O)O)cc2)c(=O)n(NC)c(=O)n1NC. The number of carboxylic acid groups (broad SMARTS) is 1. The molecule has 1 aromatic carbocycles. The van der Waals surface area contributed by atoms with E-state index in [1.165, 1.54) is 11.7 Å². The number of rotatable bonds is 7. The summed E-state index contributed by atoms with van der Waals surface area (Å²) in [6.07, 6.45) is 0.172. The highest BCUT2D eigenvalue weighted by atomic mass is 16.4. The summed E-state index contributed by atoms with van der Waals surface area (Å²) in [5.41, 5.74) is 11.3. The molecular formula is C16H22N6O4. The van der Waals surface area contributed by atoms with Crippen LogP contribution in [-0.2, 0) is 11.2 Å². The molecule has 0 saturated heterocycles. The van der Waals surface area contributed by atoms with Gasteiger partial charge in [-0.1, -0.05) is 24.3 Å². The predicted molar refractivity (Wildman–Crippen MR) is 99.8 cm³/mol. The summed E-state index contributed by atoms with van der Waals surface area (Å²) in [4.78, 5) is 36.0. The largest absolute Gasteiger partial charge is 0.480 e. The summed E-state index contributed by atoms with van der Waals surface area (Å²) in [7, 11) is 4.64. The second-order valence-electron chi connectivity index (χ2n) is 5.53. The van der Waals surface area contributed by atoms with E-state index in [2.05, 4.69) is 16.2 Å². The van der Waals surface area contributed by atoms with E-state index in [0.717, 1.165) is 10.2 Å². The van der Waals surface area contributed by atoms with Crippen molar-refractivity contribution in [1.82, 2.24) is 9.35 Å². The highest BCUT2D eigenvalue weighted by Crippen LogP contribution is 2.23. The zero-order valence-electron chi connectivity index (χ0n) is 14.7. The van der Waals surface area contributed by atoms with Gasteiger partial charge in [0.05, 0.1) is 5.56 Å². The molecule has 10 nitrogen and oxygen atoms in total. The van der Waals surface area contributed by atoms with Crippen molar-refractivity contribution in [3.8, 4) is 11.1 Å². The lowest BCUT2D eigenvalue weighted by Crippen LogP contribution is -2.47. The van der Waals surface area contributed by atoms with Crippen LogP contribution in [0.3, 0.4) is 0 Å². The van der Waals surface area contributed by atoms with Crippen LogP contribution in [0, 0.1) is 0 Å². The van der Waals surface area contributed by atoms with Crippen LogP contribution < -0.4 is 33.2 Å². The fraction of sp³-hybridized carbons (Fsp3) is 0.312. The highest BCUT2D eigenvalue weighted by molar-refractivity contribution is 5.75. The normalized spacial score (nSPS) is 11.7. The number of nitrogens with zero attached hydrogens (tertiary/aromatic N) is 2. The number of aromatic nitrogens is 2. The molecule has 2 rings (SSSR count). The first-order chi connectivity index (χ1) is 12.3. The van der Waals surface area contributed by atoms with E-state index in [4.69, 9.17) is 10.8 Å². The number of anilines is 1. The van der Waals surface area contributed by atoms with Gasteiger partial charge in [-0.3, -0.25) is 9.59 Å². The van der Waals surface area contributed by atoms with E-state index in [-0.39, 0.29) is 12.0 Å². The molecule has 26 heavy (non-hydrogen) atoms. The van der Waals surface area contributed by atoms with Crippen molar-refractivity contribution in [2.45, 2.75) is 12.5 Å². The molecule has 0 fully saturated rings. The molecule has 0 bridgehead atoms. The van der Waals surface area contributed by atoms with E-state index < -0.39 is 23.3 Å². The Bertz CT molecular complexity index is 916. The van der Waals surface area contributed by atoms with Crippen molar-refractivity contribution in [1.29, 1.82) is 0 Å². The molecule has 0 aliphatic rings. The maximum atomic E-state index is 12.7. The first-order valence-electron chi connectivity index (χ1n) is 7.88. The molecule has 0 saturated carbocycles. The van der Waals surface area contributed by atoms with Gasteiger partial charge in [0.15, 0.2) is 0 Å². The predicted octanol–water partition coefficient (Wildman–Crippen LogP) is -0.980. The number of carbonyl (C=O) groups is 1. The minimum Gasteiger partial charge on any atom is -0.480 e. The third-order valence-electron chi connectivity index (χ3n) is 3.96. The van der Waals surface area contributed by atoms with Crippen LogP contribution >= 0.6 is 0 Å². The van der Waals surface area contributed by atoms with Gasteiger partial charge in [-0.25, -0.2) is 4.79 Å². The van der Waals surface area contributed by atoms with Gasteiger partial charge in [0.1, 0.15) is 11.9 Å². The standard InChI is InChI=1S/C16H22N6O4/c1-18-13-12(14(23)22(20-3)16(26)21(13)19-2)10-6-4-9(5-7-10)8-11(17)15(24)25/h4-7,11,18-20H,8,17H2,1-3H3,(H,24,25)/t11-/m0/s1. The maximum Gasteiger partial charge on any atom is 0.370 e. The summed E-state index contributed by atoms with van der Waals surface area (Å²) in [5.74, 6) is -0.770. The van der Waals surface area contributed by atoms with Crippen LogP contribution in [-0.4, -0.2) is 47.6 Å². The molecule has 2 aromatic rings. The van der Waals surface area contributed by atoms with E-state index in [9.17, 15) is 14.4 Å². The Balaban J connectivity index is 2.59. The number of benzene rings is 1. The quantitative estimate of drug-likeness (QED) is 0.423. The van der Waals surface area contributed by atoms with Gasteiger partial charge in [0.2, 0.25) is 0 Å². The second kappa shape index (κ2) is 7.74. The zero-order chi connectivity index (χ0) is 19.4. The van der Waals surface area contributed by atoms with Gasteiger partial charge in [0.25, 0.3) is 5.56 Å². The van der Waals surface area contributed by atoms with Crippen molar-refractivity contribution in [3.63, 3.8) is 0 Å². The summed E-state index contributed by atoms with van der Waals surface area (Å²) in [6, 6.07) is 5.78. The molecular weight excluding hydrogens is 340 g/mol. The van der Waals surface area contributed by atoms with Crippen molar-refractivity contribution in [3.05, 3.63) is 50.7 Å². The third kappa shape index (κ3) is 3.40. The zero-order valence-corrected chi connectivity index (χ0v) is 14.7. The molecule has 0 unspecified atom stereocenters. The summed E-state index contributed by atoms with van der Waals surface area (Å²) in [5, 5.41) is 11.8. The Morgan fingerprint density at radius 3 is 2.15 bits per heavy atom. The number of hydrogen-bond donors (Lipinski definition) is 5. The fourth-order valence-electron chi connectivity index (χ4n) is 2.66. The Hall–Kier alpha value is -3.27. The number of nitrogens with one attached hydrogen (secondary N) is 3. The topological polar surface area (TPSA) is 143 Å². The van der Waals surface area contributed by atoms with Gasteiger partial charge < -0.3 is 27.0 Å². The Morgan fingerprint density at radius 2 is 1.69 bits per heavy atom. The van der Waals surface area contributed by atoms with E-state index in [1.54, 1.807) is 38.4 Å². The van der Waals surface area contributed by atoms with Crippen molar-refractivity contribution in [2.75, 3.05) is 37.3 Å². The Morgan fingerprint density at radius 1 is 1.12 bits per heavy atom. The lowest BCUT2D eigenvalue weighted by atomic mass is 10.0. The highest BCUT2D eigenvalue weighted by Gasteiger charge is 2.19. The van der Waals surface area contributed by atoms with Crippen LogP contribution in [0.1, 0.15) is 5.56 Å². The van der Waals surface area contributed by atoms with Crippen LogP contribution in [0.2, 0.25) is 0 Å². The van der Waals surface area contributed by atoms with Gasteiger partial charge in [-0.2, -0.15) is 9.35 Å². The maximum absolute atomic E-state index is 12.7. The number of carboxylic acids is 1. The molecule has 0 aliphatic carbocycles. The van der Waals surface area contributed by atoms with Crippen LogP contribution in [0.25, 0.3) is 11.1 Å². The van der Waals surface area contributed by atoms with E-state index in [0.29, 0.717) is 11.4 Å². The summed E-state index contributed by atoms with van der Waals surface area (Å²) >= 11 is 0. The molecule has 6 N–H and O–H groups in total. The van der Waals surface area contributed by atoms with Crippen LogP contribution in [0.4, 0.5) is 5.82 Å². The van der Waals surface area contributed by atoms with Gasteiger partial charge in [0, 0.05) is 21.1 Å². The molecule has 0 spiro atoms. The number of nitrogens with two attached hydrogens (primary N) is 1. The Labute approximate surface area is 149 Å². The minimum absolute atomic E-state index is 0.172. The number of hydrogen-bond acceptors (Lipinski definition) is 7. The van der Waals surface area contributed by atoms with Crippen molar-refractivity contribution in [2.24, 2.45) is 5.73 Å². The van der Waals surface area contributed by atoms with Gasteiger partial charge in [-0.15, -0.1) is 0 Å². The van der Waals surface area contributed by atoms with E-state index in [1.807, 2.05) is 0 Å². The van der Waals surface area contributed by atoms with Crippen LogP contribution in [0.15, 0.2) is 33.9 Å². The molecule has 140 valence electrons. The van der Waals surface area contributed by atoms with Crippen molar-refractivity contribution >= 4 is 11.8 Å². The second-order valence-corrected chi connectivity index (χ2v) is 5.53. The van der Waals surface area contributed by atoms with E-state index >= 15 is 0 Å². The monoisotopic (exact) mass is 362 g/mol. The molecule has 0 radical (unpaired) electrons. The minimum atomic E-state index is -1.08. The van der Waals surface area contributed by atoms with Crippen molar-refractivity contribution < 1.29 is 9.90 Å². The lowest BCUT2D eigenvalue weighted by molar-refractivity contribution is -0.138. The average Bonchev–Trinajstić information content (AvgIpc) is 2.62.